The molecule has 160 valence electrons. The molecule has 2 heterocycles. The molecule has 4 N–H and O–H groups in total. The molecule has 0 unspecified atom stereocenters. The second-order valence-electron chi connectivity index (χ2n) is 8.54. The molecule has 0 radical (unpaired) electrons. The summed E-state index contributed by atoms with van der Waals surface area (Å²) in [5.74, 6) is 0.680. The van der Waals surface area contributed by atoms with Crippen LogP contribution in [0, 0.1) is 0 Å². The van der Waals surface area contributed by atoms with Gasteiger partial charge in [0.25, 0.3) is 0 Å². The number of aromatic nitrogens is 1. The maximum Gasteiger partial charge on any atom is 0.226 e. The van der Waals surface area contributed by atoms with E-state index in [4.69, 9.17) is 10.7 Å². The van der Waals surface area contributed by atoms with Crippen molar-refractivity contribution in [2.75, 3.05) is 17.2 Å². The number of allylic oxidation sites excluding steroid dienone is 5. The Morgan fingerprint density at radius 1 is 1.26 bits per heavy atom. The summed E-state index contributed by atoms with van der Waals surface area (Å²) in [4.78, 5) is 17.1. The third-order valence-corrected chi connectivity index (χ3v) is 5.98. The van der Waals surface area contributed by atoms with Crippen molar-refractivity contribution in [2.45, 2.75) is 45.1 Å². The molecular weight excluding hydrogens is 384 g/mol. The van der Waals surface area contributed by atoms with Gasteiger partial charge in [0.15, 0.2) is 5.82 Å². The SMILES string of the molecule is C=C(C)C=C(C=CC)c1cc2c(nc1-c1ccc(C3(N)CCC3)cc1)NCCC(=O)N2. The van der Waals surface area contributed by atoms with Crippen molar-refractivity contribution in [1.29, 1.82) is 0 Å². The Morgan fingerprint density at radius 2 is 2.00 bits per heavy atom. The van der Waals surface area contributed by atoms with E-state index in [1.54, 1.807) is 0 Å². The Labute approximate surface area is 184 Å². The van der Waals surface area contributed by atoms with Crippen LogP contribution in [0.1, 0.15) is 50.7 Å². The van der Waals surface area contributed by atoms with E-state index in [2.05, 4.69) is 41.5 Å². The molecule has 1 amide bonds. The highest BCUT2D eigenvalue weighted by molar-refractivity contribution is 5.98. The second-order valence-corrected chi connectivity index (χ2v) is 8.54. The van der Waals surface area contributed by atoms with Gasteiger partial charge in [0.05, 0.1) is 11.4 Å². The molecule has 0 saturated heterocycles. The number of hydrogen-bond donors (Lipinski definition) is 3. The number of carbonyl (C=O) groups is 1. The van der Waals surface area contributed by atoms with Crippen LogP contribution in [0.5, 0.6) is 0 Å². The molecule has 1 aliphatic heterocycles. The molecule has 1 aliphatic carbocycles. The van der Waals surface area contributed by atoms with Crippen molar-refractivity contribution in [2.24, 2.45) is 5.73 Å². The number of amides is 1. The summed E-state index contributed by atoms with van der Waals surface area (Å²) in [6, 6.07) is 10.5. The van der Waals surface area contributed by atoms with Gasteiger partial charge < -0.3 is 16.4 Å². The summed E-state index contributed by atoms with van der Waals surface area (Å²) in [6.45, 7) is 8.56. The smallest absolute Gasteiger partial charge is 0.226 e. The molecule has 1 saturated carbocycles. The molecule has 1 fully saturated rings. The van der Waals surface area contributed by atoms with Gasteiger partial charge in [-0.2, -0.15) is 0 Å². The molecule has 0 spiro atoms. The number of anilines is 2. The van der Waals surface area contributed by atoms with E-state index in [0.29, 0.717) is 24.5 Å². The standard InChI is InChI=1S/C26H30N4O/c1-4-6-19(15-17(2)3)21-16-22-25(28-14-11-23(31)29-22)30-24(21)18-7-9-20(10-8-18)26(27)12-5-13-26/h4,6-10,15-16H,2,5,11-14,27H2,1,3H3,(H,28,30)(H,29,31). The van der Waals surface area contributed by atoms with Crippen LogP contribution >= 0.6 is 0 Å². The van der Waals surface area contributed by atoms with Crippen molar-refractivity contribution < 1.29 is 4.79 Å². The molecule has 2 aromatic rings. The third-order valence-electron chi connectivity index (χ3n) is 5.98. The van der Waals surface area contributed by atoms with Gasteiger partial charge in [-0.05, 0) is 50.3 Å². The molecule has 2 aliphatic rings. The normalized spacial score (nSPS) is 17.9. The number of hydrogen-bond acceptors (Lipinski definition) is 4. The van der Waals surface area contributed by atoms with Crippen molar-refractivity contribution >= 4 is 23.0 Å². The first-order valence-electron chi connectivity index (χ1n) is 10.9. The fraction of sp³-hybridized carbons (Fsp3) is 0.308. The summed E-state index contributed by atoms with van der Waals surface area (Å²) >= 11 is 0. The van der Waals surface area contributed by atoms with Gasteiger partial charge in [-0.15, -0.1) is 0 Å². The number of nitrogens with zero attached hydrogens (tertiary/aromatic N) is 1. The predicted molar refractivity (Wildman–Crippen MR) is 129 cm³/mol. The summed E-state index contributed by atoms with van der Waals surface area (Å²) in [5.41, 5.74) is 13.0. The van der Waals surface area contributed by atoms with E-state index in [9.17, 15) is 4.79 Å². The highest BCUT2D eigenvalue weighted by Gasteiger charge is 2.34. The van der Waals surface area contributed by atoms with Crippen molar-refractivity contribution in [1.82, 2.24) is 4.98 Å². The van der Waals surface area contributed by atoms with Crippen LogP contribution in [0.15, 0.2) is 60.7 Å². The van der Waals surface area contributed by atoms with E-state index in [1.165, 1.54) is 12.0 Å². The average Bonchev–Trinajstić information content (AvgIpc) is 2.90. The zero-order valence-corrected chi connectivity index (χ0v) is 18.3. The minimum Gasteiger partial charge on any atom is -0.368 e. The molecule has 5 heteroatoms. The Morgan fingerprint density at radius 3 is 2.61 bits per heavy atom. The summed E-state index contributed by atoms with van der Waals surface area (Å²) in [7, 11) is 0. The van der Waals surface area contributed by atoms with E-state index in [0.717, 1.165) is 40.8 Å². The van der Waals surface area contributed by atoms with Gasteiger partial charge in [0, 0.05) is 29.6 Å². The maximum absolute atomic E-state index is 12.1. The molecule has 0 bridgehead atoms. The average molecular weight is 415 g/mol. The minimum absolute atomic E-state index is 0.0127. The van der Waals surface area contributed by atoms with E-state index in [1.807, 2.05) is 38.1 Å². The van der Waals surface area contributed by atoms with Crippen LogP contribution in [0.25, 0.3) is 16.8 Å². The van der Waals surface area contributed by atoms with Crippen LogP contribution in [0.2, 0.25) is 0 Å². The van der Waals surface area contributed by atoms with E-state index >= 15 is 0 Å². The molecule has 5 nitrogen and oxygen atoms in total. The van der Waals surface area contributed by atoms with Gasteiger partial charge in [0.2, 0.25) is 5.91 Å². The Bertz CT molecular complexity index is 1080. The first kappa shape index (κ1) is 21.1. The van der Waals surface area contributed by atoms with Crippen LogP contribution in [0.3, 0.4) is 0 Å². The minimum atomic E-state index is -0.190. The number of carbonyl (C=O) groups excluding carboxylic acids is 1. The Hall–Kier alpha value is -3.18. The molecule has 0 atom stereocenters. The quantitative estimate of drug-likeness (QED) is 0.574. The number of nitrogens with two attached hydrogens (primary N) is 1. The lowest BCUT2D eigenvalue weighted by atomic mass is 9.72. The number of fused-ring (bicyclic) bond motifs is 1. The van der Waals surface area contributed by atoms with Crippen molar-refractivity contribution in [3.05, 3.63) is 71.8 Å². The van der Waals surface area contributed by atoms with Crippen molar-refractivity contribution in [3.63, 3.8) is 0 Å². The highest BCUT2D eigenvalue weighted by Crippen LogP contribution is 2.40. The van der Waals surface area contributed by atoms with E-state index in [-0.39, 0.29) is 11.4 Å². The fourth-order valence-electron chi connectivity index (χ4n) is 4.16. The number of benzene rings is 1. The zero-order valence-electron chi connectivity index (χ0n) is 18.3. The van der Waals surface area contributed by atoms with Gasteiger partial charge in [-0.25, -0.2) is 4.98 Å². The zero-order chi connectivity index (χ0) is 22.0. The van der Waals surface area contributed by atoms with E-state index < -0.39 is 0 Å². The monoisotopic (exact) mass is 414 g/mol. The number of pyridine rings is 1. The molecular formula is C26H30N4O. The van der Waals surface area contributed by atoms with Crippen LogP contribution in [-0.2, 0) is 10.3 Å². The summed E-state index contributed by atoms with van der Waals surface area (Å²) in [5, 5.41) is 6.27. The largest absolute Gasteiger partial charge is 0.368 e. The van der Waals surface area contributed by atoms with Gasteiger partial charge >= 0.3 is 0 Å². The van der Waals surface area contributed by atoms with Gasteiger partial charge in [-0.1, -0.05) is 54.6 Å². The van der Waals surface area contributed by atoms with Crippen LogP contribution in [-0.4, -0.2) is 17.4 Å². The third kappa shape index (κ3) is 4.32. The lowest BCUT2D eigenvalue weighted by molar-refractivity contribution is -0.115. The van der Waals surface area contributed by atoms with Crippen LogP contribution < -0.4 is 16.4 Å². The lowest BCUT2D eigenvalue weighted by Gasteiger charge is -2.38. The molecule has 31 heavy (non-hydrogen) atoms. The lowest BCUT2D eigenvalue weighted by Crippen LogP contribution is -2.43. The summed E-state index contributed by atoms with van der Waals surface area (Å²) in [6.07, 6.45) is 9.75. The van der Waals surface area contributed by atoms with Gasteiger partial charge in [-0.3, -0.25) is 4.79 Å². The predicted octanol–water partition coefficient (Wildman–Crippen LogP) is 5.38. The van der Waals surface area contributed by atoms with Crippen LogP contribution in [0.4, 0.5) is 11.5 Å². The van der Waals surface area contributed by atoms with Gasteiger partial charge in [0.1, 0.15) is 0 Å². The first-order valence-corrected chi connectivity index (χ1v) is 10.9. The molecule has 4 rings (SSSR count). The molecule has 1 aromatic heterocycles. The molecule has 1 aromatic carbocycles. The maximum atomic E-state index is 12.1. The second kappa shape index (κ2) is 8.52. The highest BCUT2D eigenvalue weighted by atomic mass is 16.1. The van der Waals surface area contributed by atoms with Crippen molar-refractivity contribution in [3.8, 4) is 11.3 Å². The summed E-state index contributed by atoms with van der Waals surface area (Å²) < 4.78 is 0. The first-order chi connectivity index (χ1) is 14.9. The Kier molecular flexibility index (Phi) is 5.79. The fourth-order valence-corrected chi connectivity index (χ4v) is 4.16. The Balaban J connectivity index is 1.86. The topological polar surface area (TPSA) is 80.0 Å². The number of nitrogens with one attached hydrogen (secondary N) is 2. The number of rotatable bonds is 5.